The lowest BCUT2D eigenvalue weighted by molar-refractivity contribution is -0.181. The molecule has 0 aromatic heterocycles. The number of ether oxygens (including phenoxy) is 5. The number of carboxylic acids is 2. The van der Waals surface area contributed by atoms with E-state index >= 15 is 0 Å². The van der Waals surface area contributed by atoms with E-state index in [0.29, 0.717) is 30.9 Å². The van der Waals surface area contributed by atoms with Gasteiger partial charge in [-0.05, 0) is 44.1 Å². The number of hydrogen-bond acceptors (Lipinski definition) is 13. The van der Waals surface area contributed by atoms with Crippen LogP contribution in [0.5, 0.6) is 11.5 Å². The number of likely N-dealkylation sites (tertiary alicyclic amines) is 1. The summed E-state index contributed by atoms with van der Waals surface area (Å²) in [5.74, 6) is -6.14. The van der Waals surface area contributed by atoms with Crippen molar-refractivity contribution in [2.45, 2.75) is 73.6 Å². The maximum Gasteiger partial charge on any atom is 0.353 e. The van der Waals surface area contributed by atoms with E-state index in [9.17, 15) is 39.3 Å². The zero-order valence-electron chi connectivity index (χ0n) is 26.6. The number of methoxy groups -OCH3 is 1. The van der Waals surface area contributed by atoms with E-state index in [1.165, 1.54) is 31.4 Å². The van der Waals surface area contributed by atoms with Crippen LogP contribution in [0.1, 0.15) is 48.5 Å². The Bertz CT molecular complexity index is 1720. The van der Waals surface area contributed by atoms with Crippen molar-refractivity contribution in [2.75, 3.05) is 20.7 Å². The molecule has 6 rings (SSSR count). The van der Waals surface area contributed by atoms with Gasteiger partial charge in [-0.3, -0.25) is 9.59 Å². The molecule has 0 radical (unpaired) electrons. The van der Waals surface area contributed by atoms with Gasteiger partial charge in [0, 0.05) is 23.6 Å². The second-order valence-corrected chi connectivity index (χ2v) is 12.6. The molecule has 4 aliphatic rings. The normalized spacial score (nSPS) is 26.5. The summed E-state index contributed by atoms with van der Waals surface area (Å²) < 4.78 is 27.7. The van der Waals surface area contributed by atoms with Gasteiger partial charge < -0.3 is 49.0 Å². The number of benzene rings is 2. The van der Waals surface area contributed by atoms with Gasteiger partial charge in [0.25, 0.3) is 0 Å². The van der Waals surface area contributed by atoms with Crippen molar-refractivity contribution in [2.24, 2.45) is 0 Å². The molecule has 2 heterocycles. The Morgan fingerprint density at radius 3 is 2.43 bits per heavy atom. The minimum Gasteiger partial charge on any atom is -0.493 e. The minimum absolute atomic E-state index is 0.0559. The van der Waals surface area contributed by atoms with Crippen LogP contribution >= 0.6 is 0 Å². The van der Waals surface area contributed by atoms with Crippen molar-refractivity contribution in [3.05, 3.63) is 71.0 Å². The molecule has 1 fully saturated rings. The Balaban J connectivity index is 1.19. The molecular weight excluding hydrogens is 646 g/mol. The van der Waals surface area contributed by atoms with E-state index in [1.54, 1.807) is 18.2 Å². The number of likely N-dealkylation sites (N-methyl/N-ethyl adjacent to an activating group) is 1. The van der Waals surface area contributed by atoms with Gasteiger partial charge >= 0.3 is 29.8 Å². The summed E-state index contributed by atoms with van der Waals surface area (Å²) in [7, 11) is 3.45. The van der Waals surface area contributed by atoms with E-state index in [4.69, 9.17) is 28.8 Å². The van der Waals surface area contributed by atoms with Gasteiger partial charge in [0.15, 0.2) is 23.7 Å². The third-order valence-electron chi connectivity index (χ3n) is 9.87. The number of aliphatic hydroxyl groups is 2. The Hall–Kier alpha value is -4.99. The molecule has 15 heteroatoms. The van der Waals surface area contributed by atoms with Crippen LogP contribution in [-0.4, -0.2) is 106 Å². The number of carboxylic acid groups (broad SMARTS) is 2. The number of nitrogens with zero attached hydrogens (tertiary/aromatic N) is 1. The van der Waals surface area contributed by atoms with Gasteiger partial charge in [-0.1, -0.05) is 36.4 Å². The van der Waals surface area contributed by atoms with Crippen molar-refractivity contribution in [3.63, 3.8) is 0 Å². The van der Waals surface area contributed by atoms with E-state index < -0.39 is 78.1 Å². The molecule has 2 aliphatic heterocycles. The number of piperidine rings is 1. The molecule has 2 bridgehead atoms. The summed E-state index contributed by atoms with van der Waals surface area (Å²) in [4.78, 5) is 63.7. The third kappa shape index (κ3) is 5.66. The van der Waals surface area contributed by atoms with Gasteiger partial charge in [-0.2, -0.15) is 0 Å². The number of rotatable bonds is 12. The fraction of sp³-hybridized carbons (Fsp3) is 0.441. The molecule has 0 amide bonds. The zero-order valence-corrected chi connectivity index (χ0v) is 26.6. The average molecular weight is 682 g/mol. The van der Waals surface area contributed by atoms with E-state index in [0.717, 1.165) is 11.1 Å². The lowest BCUT2D eigenvalue weighted by Crippen LogP contribution is -2.74. The Labute approximate surface area is 279 Å². The molecule has 4 N–H and O–H groups in total. The zero-order chi connectivity index (χ0) is 35.2. The summed E-state index contributed by atoms with van der Waals surface area (Å²) in [5.41, 5.74) is -0.388. The quantitative estimate of drug-likeness (QED) is 0.182. The fourth-order valence-corrected chi connectivity index (χ4v) is 7.61. The van der Waals surface area contributed by atoms with Crippen molar-refractivity contribution >= 4 is 29.8 Å². The maximum absolute atomic E-state index is 13.2. The first-order valence-electron chi connectivity index (χ1n) is 15.6. The minimum atomic E-state index is -2.07. The standard InChI is InChI=1S/C34H35NO14/c1-35-13-12-33-26-18-8-9-20(45-2)28(26)49-29(33)21(10-11-34(33,44)23(35)14-18)46-31(42)19(36)15-25(39)48-27(17-6-4-3-5-7-17)32(43)47-22(30(40)41)16-24(37)38/h3-10,19,22-23,27,29,36,44H,11-16H2,1-2H3,(H,37,38)(H,40,41)/t19-,22+,23+,27-,29-,33-,34+/m0/s1. The van der Waals surface area contributed by atoms with Gasteiger partial charge in [-0.15, -0.1) is 0 Å². The molecule has 260 valence electrons. The van der Waals surface area contributed by atoms with E-state index in [1.807, 2.05) is 13.1 Å². The van der Waals surface area contributed by atoms with Crippen molar-refractivity contribution in [3.8, 4) is 11.5 Å². The van der Waals surface area contributed by atoms with Crippen LogP contribution in [0.25, 0.3) is 0 Å². The highest BCUT2D eigenvalue weighted by molar-refractivity contribution is 5.87. The molecule has 2 aromatic carbocycles. The van der Waals surface area contributed by atoms with E-state index in [2.05, 4.69) is 4.90 Å². The van der Waals surface area contributed by atoms with Crippen LogP contribution in [0.3, 0.4) is 0 Å². The molecule has 1 saturated heterocycles. The monoisotopic (exact) mass is 681 g/mol. The smallest absolute Gasteiger partial charge is 0.353 e. The summed E-state index contributed by atoms with van der Waals surface area (Å²) in [6, 6.07) is 10.9. The Morgan fingerprint density at radius 1 is 1.02 bits per heavy atom. The maximum atomic E-state index is 13.2. The fourth-order valence-electron chi connectivity index (χ4n) is 7.61. The van der Waals surface area contributed by atoms with Gasteiger partial charge in [0.05, 0.1) is 31.0 Å². The number of hydrogen-bond donors (Lipinski definition) is 4. The number of aliphatic hydroxyl groups excluding tert-OH is 1. The lowest BCUT2D eigenvalue weighted by atomic mass is 9.50. The predicted molar refractivity (Wildman–Crippen MR) is 163 cm³/mol. The lowest BCUT2D eigenvalue weighted by Gasteiger charge is -2.61. The highest BCUT2D eigenvalue weighted by Crippen LogP contribution is 2.65. The molecule has 2 aromatic rings. The SMILES string of the molecule is COc1ccc2c3c1O[C@H]1C(OC(=O)[C@@H](O)CC(=O)O[C@H](C(=O)O[C@H](CC(=O)O)C(=O)O)c4ccccc4)=CC[C@@]4(O)[C@@H](C2)N(C)CC[C@]314. The molecule has 7 atom stereocenters. The second kappa shape index (κ2) is 12.8. The molecule has 15 nitrogen and oxygen atoms in total. The molecule has 2 aliphatic carbocycles. The number of esters is 3. The topological polar surface area (TPSA) is 216 Å². The van der Waals surface area contributed by atoms with Crippen molar-refractivity contribution in [1.82, 2.24) is 4.90 Å². The molecule has 1 spiro atoms. The van der Waals surface area contributed by atoms with Crippen LogP contribution in [0.15, 0.2) is 54.3 Å². The van der Waals surface area contributed by atoms with E-state index in [-0.39, 0.29) is 23.8 Å². The predicted octanol–water partition coefficient (Wildman–Crippen LogP) is 1.02. The second-order valence-electron chi connectivity index (χ2n) is 12.6. The Morgan fingerprint density at radius 2 is 1.76 bits per heavy atom. The van der Waals surface area contributed by atoms with Crippen LogP contribution in [0, 0.1) is 0 Å². The number of aliphatic carboxylic acids is 2. The van der Waals surface area contributed by atoms with Crippen LogP contribution in [0.4, 0.5) is 0 Å². The average Bonchev–Trinajstić information content (AvgIpc) is 3.42. The summed E-state index contributed by atoms with van der Waals surface area (Å²) in [5, 5.41) is 41.3. The highest BCUT2D eigenvalue weighted by atomic mass is 16.6. The highest BCUT2D eigenvalue weighted by Gasteiger charge is 2.72. The summed E-state index contributed by atoms with van der Waals surface area (Å²) >= 11 is 0. The first-order valence-corrected chi connectivity index (χ1v) is 15.6. The molecular formula is C34H35NO14. The molecule has 0 unspecified atom stereocenters. The number of carbonyl (C=O) groups excluding carboxylic acids is 3. The van der Waals surface area contributed by atoms with Crippen LogP contribution in [-0.2, 0) is 50.0 Å². The van der Waals surface area contributed by atoms with Crippen molar-refractivity contribution < 1.29 is 68.1 Å². The summed E-state index contributed by atoms with van der Waals surface area (Å²) in [6.07, 6.45) is -6.20. The van der Waals surface area contributed by atoms with Crippen LogP contribution < -0.4 is 9.47 Å². The van der Waals surface area contributed by atoms with Gasteiger partial charge in [-0.25, -0.2) is 14.4 Å². The Kier molecular flexibility index (Phi) is 8.85. The first-order chi connectivity index (χ1) is 23.3. The number of carbonyl (C=O) groups is 5. The molecule has 0 saturated carbocycles. The van der Waals surface area contributed by atoms with Gasteiger partial charge in [0.2, 0.25) is 12.2 Å². The van der Waals surface area contributed by atoms with Gasteiger partial charge in [0.1, 0.15) is 5.76 Å². The summed E-state index contributed by atoms with van der Waals surface area (Å²) in [6.45, 7) is 0.632. The third-order valence-corrected chi connectivity index (χ3v) is 9.87. The van der Waals surface area contributed by atoms with Crippen LogP contribution in [0.2, 0.25) is 0 Å². The molecule has 49 heavy (non-hydrogen) atoms. The largest absolute Gasteiger partial charge is 0.493 e. The van der Waals surface area contributed by atoms with Crippen molar-refractivity contribution in [1.29, 1.82) is 0 Å². The first kappa shape index (κ1) is 33.9.